The molecule has 1 atom stereocenters. The molecule has 0 fully saturated rings. The van der Waals surface area contributed by atoms with Crippen LogP contribution in [0.4, 0.5) is 5.69 Å². The zero-order chi connectivity index (χ0) is 7.56. The van der Waals surface area contributed by atoms with Gasteiger partial charge in [0.1, 0.15) is 11.4 Å². The Kier molecular flexibility index (Phi) is 6.80. The van der Waals surface area contributed by atoms with E-state index in [4.69, 9.17) is 5.11 Å². The smallest absolute Gasteiger partial charge is 0.508 e. The van der Waals surface area contributed by atoms with Gasteiger partial charge in [-0.15, -0.1) is 0 Å². The van der Waals surface area contributed by atoms with Gasteiger partial charge >= 0.3 is 68.9 Å². The average Bonchev–Trinajstić information content (AvgIpc) is 1.88. The Hall–Kier alpha value is 1.46. The monoisotopic (exact) mass is 288 g/mol. The topological polar surface area (TPSA) is 24.7 Å². The van der Waals surface area contributed by atoms with E-state index in [9.17, 15) is 0 Å². The molecule has 1 aromatic rings. The van der Waals surface area contributed by atoms with Gasteiger partial charge in [-0.2, -0.15) is 0 Å². The van der Waals surface area contributed by atoms with Gasteiger partial charge in [-0.05, 0) is 12.1 Å². The van der Waals surface area contributed by atoms with Crippen LogP contribution in [0.5, 0.6) is 5.75 Å². The average molecular weight is 288 g/mol. The molecule has 1 unspecified atom stereocenters. The number of benzene rings is 1. The summed E-state index contributed by atoms with van der Waals surface area (Å²) in [5.74, 6) is 0.302. The first-order valence-electron chi connectivity index (χ1n) is 3.04. The van der Waals surface area contributed by atoms with Crippen molar-refractivity contribution in [3.63, 3.8) is 0 Å². The number of hydrogen-bond donors (Lipinski definition) is 2. The van der Waals surface area contributed by atoms with Gasteiger partial charge < -0.3 is 9.78 Å². The van der Waals surface area contributed by atoms with E-state index in [0.717, 1.165) is 10.4 Å². The van der Waals surface area contributed by atoms with Crippen molar-refractivity contribution >= 4 is 15.1 Å². The van der Waals surface area contributed by atoms with Crippen LogP contribution in [-0.4, -0.2) is 12.2 Å². The zero-order valence-corrected chi connectivity index (χ0v) is 14.0. The van der Waals surface area contributed by atoms with E-state index in [1.54, 1.807) is 12.1 Å². The summed E-state index contributed by atoms with van der Waals surface area (Å²) in [5.41, 5.74) is 1.09. The summed E-state index contributed by atoms with van der Waals surface area (Å²) in [6.07, 6.45) is 0. The summed E-state index contributed by atoms with van der Waals surface area (Å²) < 4.78 is 1.07. The molecule has 54 valence electrons. The molecule has 4 heteroatoms. The normalized spacial score (nSPS) is 11.8. The van der Waals surface area contributed by atoms with Crippen molar-refractivity contribution in [2.75, 3.05) is 7.05 Å². The van der Waals surface area contributed by atoms with Crippen LogP contribution in [0, 0.1) is 0 Å². The minimum absolute atomic E-state index is 0. The Balaban J connectivity index is 0.000001000. The Morgan fingerprint density at radius 1 is 1.27 bits per heavy atom. The molecule has 0 radical (unpaired) electrons. The van der Waals surface area contributed by atoms with Gasteiger partial charge in [0.15, 0.2) is 0 Å². The Bertz CT molecular complexity index is 212. The van der Waals surface area contributed by atoms with Crippen LogP contribution in [-0.2, 0) is 0 Å². The van der Waals surface area contributed by atoms with Crippen LogP contribution >= 0.6 is 9.39 Å². The standard InChI is InChI=1S/C7H10NOP.Cs/c1-8(10)6-2-4-7(9)5-3-6;/h2-5,8-10H,1H3;/q;+1. The third-order valence-corrected chi connectivity index (χ3v) is 1.59. The van der Waals surface area contributed by atoms with Crippen LogP contribution in [0.25, 0.3) is 0 Å². The summed E-state index contributed by atoms with van der Waals surface area (Å²) in [7, 11) is 5.35. The first-order valence-corrected chi connectivity index (χ1v) is 3.54. The van der Waals surface area contributed by atoms with E-state index in [1.807, 2.05) is 19.2 Å². The Morgan fingerprint density at radius 3 is 2.09 bits per heavy atom. The fourth-order valence-corrected chi connectivity index (χ4v) is 0.878. The molecule has 0 heterocycles. The maximum Gasteiger partial charge on any atom is 1.00 e. The van der Waals surface area contributed by atoms with Gasteiger partial charge in [0.05, 0.1) is 0 Å². The molecule has 0 aliphatic carbocycles. The molecule has 1 aromatic carbocycles. The van der Waals surface area contributed by atoms with E-state index in [-0.39, 0.29) is 68.9 Å². The van der Waals surface area contributed by atoms with E-state index in [2.05, 4.69) is 9.39 Å². The number of rotatable bonds is 1. The molecule has 2 N–H and O–H groups in total. The van der Waals surface area contributed by atoms with Crippen molar-refractivity contribution in [3.8, 4) is 5.75 Å². The summed E-state index contributed by atoms with van der Waals surface area (Å²) in [5, 5.41) is 8.91. The van der Waals surface area contributed by atoms with E-state index >= 15 is 0 Å². The number of phenolic OH excluding ortho intramolecular Hbond substituents is 1. The number of quaternary nitrogens is 1. The van der Waals surface area contributed by atoms with E-state index in [0.29, 0.717) is 5.75 Å². The van der Waals surface area contributed by atoms with Crippen LogP contribution in [0.3, 0.4) is 0 Å². The molecule has 0 aliphatic heterocycles. The van der Waals surface area contributed by atoms with E-state index in [1.165, 1.54) is 0 Å². The molecule has 0 saturated carbocycles. The molecule has 0 saturated heterocycles. The van der Waals surface area contributed by atoms with Crippen molar-refractivity contribution in [2.24, 2.45) is 0 Å². The van der Waals surface area contributed by atoms with Gasteiger partial charge in [-0.3, -0.25) is 9.39 Å². The number of nitrogens with one attached hydrogen (secondary N) is 1. The second kappa shape index (κ2) is 6.00. The first-order chi connectivity index (χ1) is 4.70. The molecule has 0 spiro atoms. The van der Waals surface area contributed by atoms with Gasteiger partial charge in [-0.1, -0.05) is 0 Å². The molecule has 0 aromatic heterocycles. The van der Waals surface area contributed by atoms with Crippen molar-refractivity contribution in [3.05, 3.63) is 24.3 Å². The predicted octanol–water partition coefficient (Wildman–Crippen LogP) is -2.40. The number of aromatic hydroxyl groups is 1. The molecular formula is C7H10CsNOP+. The largest absolute Gasteiger partial charge is 1.00 e. The third kappa shape index (κ3) is 4.29. The fourth-order valence-electron chi connectivity index (χ4n) is 0.711. The minimum atomic E-state index is 0. The Labute approximate surface area is 128 Å². The van der Waals surface area contributed by atoms with Crippen LogP contribution < -0.4 is 73.6 Å². The molecule has 2 nitrogen and oxygen atoms in total. The molecular weight excluding hydrogens is 278 g/mol. The maximum absolute atomic E-state index is 8.91. The molecule has 11 heavy (non-hydrogen) atoms. The maximum atomic E-state index is 8.91. The summed E-state index contributed by atoms with van der Waals surface area (Å²) in [4.78, 5) is 0. The van der Waals surface area contributed by atoms with Gasteiger partial charge in [0, 0.05) is 19.2 Å². The molecule has 0 aliphatic rings. The zero-order valence-electron chi connectivity index (χ0n) is 6.76. The van der Waals surface area contributed by atoms with Gasteiger partial charge in [-0.25, -0.2) is 0 Å². The summed E-state index contributed by atoms with van der Waals surface area (Å²) >= 11 is 0. The molecule has 1 rings (SSSR count). The molecule has 0 amide bonds. The van der Waals surface area contributed by atoms with Crippen molar-refractivity contribution in [1.82, 2.24) is 0 Å². The quantitative estimate of drug-likeness (QED) is 0.437. The fraction of sp³-hybridized carbons (Fsp3) is 0.143. The number of phenols is 1. The van der Waals surface area contributed by atoms with Crippen LogP contribution in [0.1, 0.15) is 0 Å². The summed E-state index contributed by atoms with van der Waals surface area (Å²) in [6.45, 7) is 0. The predicted molar refractivity (Wildman–Crippen MR) is 43.0 cm³/mol. The Morgan fingerprint density at radius 2 is 1.73 bits per heavy atom. The van der Waals surface area contributed by atoms with Crippen molar-refractivity contribution in [1.29, 1.82) is 0 Å². The molecule has 0 bridgehead atoms. The van der Waals surface area contributed by atoms with E-state index < -0.39 is 0 Å². The van der Waals surface area contributed by atoms with Crippen LogP contribution in [0.2, 0.25) is 0 Å². The number of hydrogen-bond acceptors (Lipinski definition) is 1. The van der Waals surface area contributed by atoms with Crippen molar-refractivity contribution < 1.29 is 78.7 Å². The SMILES string of the molecule is C[NH+]([PH-])c1ccc(O)cc1.[Cs+]. The third-order valence-electron chi connectivity index (χ3n) is 1.30. The van der Waals surface area contributed by atoms with Crippen molar-refractivity contribution in [2.45, 2.75) is 0 Å². The first kappa shape index (κ1) is 12.5. The second-order valence-corrected chi connectivity index (χ2v) is 2.92. The van der Waals surface area contributed by atoms with Gasteiger partial charge in [0.25, 0.3) is 0 Å². The summed E-state index contributed by atoms with van der Waals surface area (Å²) in [6, 6.07) is 7.05. The minimum Gasteiger partial charge on any atom is -0.508 e. The van der Waals surface area contributed by atoms with Crippen LogP contribution in [0.15, 0.2) is 24.3 Å². The van der Waals surface area contributed by atoms with Gasteiger partial charge in [0.2, 0.25) is 0 Å². The second-order valence-electron chi connectivity index (χ2n) is 2.17.